The molecule has 5 nitrogen and oxygen atoms in total. The minimum Gasteiger partial charge on any atom is -0.480 e. The quantitative estimate of drug-likeness (QED) is 0.633. The second kappa shape index (κ2) is 5.69. The largest absolute Gasteiger partial charge is 0.480 e. The average molecular weight is 273 g/mol. The zero-order chi connectivity index (χ0) is 14.7. The number of carbonyl (C=O) groups is 2. The van der Waals surface area contributed by atoms with Crippen molar-refractivity contribution in [2.45, 2.75) is 13.8 Å². The van der Waals surface area contributed by atoms with Crippen molar-refractivity contribution in [1.29, 1.82) is 0 Å². The van der Waals surface area contributed by atoms with Crippen LogP contribution < -0.4 is 4.74 Å². The summed E-state index contributed by atoms with van der Waals surface area (Å²) in [6.07, 6.45) is 0. The van der Waals surface area contributed by atoms with Crippen LogP contribution in [0.25, 0.3) is 10.9 Å². The maximum Gasteiger partial charge on any atom is 0.343 e. The van der Waals surface area contributed by atoms with Gasteiger partial charge in [0.2, 0.25) is 5.88 Å². The molecule has 5 heteroatoms. The Morgan fingerprint density at radius 2 is 2.00 bits per heavy atom. The molecule has 104 valence electrons. The number of aromatic nitrogens is 1. The molecule has 0 atom stereocenters. The Hall–Kier alpha value is -2.43. The fraction of sp³-hybridized carbons (Fsp3) is 0.267. The van der Waals surface area contributed by atoms with E-state index in [1.165, 1.54) is 14.0 Å². The van der Waals surface area contributed by atoms with Gasteiger partial charge in [-0.2, -0.15) is 0 Å². The summed E-state index contributed by atoms with van der Waals surface area (Å²) in [7, 11) is 1.44. The summed E-state index contributed by atoms with van der Waals surface area (Å²) < 4.78 is 10.1. The maximum atomic E-state index is 11.8. The van der Waals surface area contributed by atoms with Gasteiger partial charge >= 0.3 is 5.97 Å². The number of benzene rings is 1. The van der Waals surface area contributed by atoms with Gasteiger partial charge in [0.25, 0.3) is 0 Å². The average Bonchev–Trinajstić information content (AvgIpc) is 2.45. The molecule has 0 N–H and O–H groups in total. The van der Waals surface area contributed by atoms with Crippen molar-refractivity contribution in [3.63, 3.8) is 0 Å². The summed E-state index contributed by atoms with van der Waals surface area (Å²) in [5, 5.41) is 0.749. The van der Waals surface area contributed by atoms with Gasteiger partial charge in [-0.3, -0.25) is 4.79 Å². The number of Topliss-reactive ketones (excluding diaryl/α,β-unsaturated/α-hetero) is 1. The van der Waals surface area contributed by atoms with Gasteiger partial charge in [0.1, 0.15) is 5.56 Å². The van der Waals surface area contributed by atoms with Gasteiger partial charge in [0.15, 0.2) is 5.78 Å². The monoisotopic (exact) mass is 273 g/mol. The van der Waals surface area contributed by atoms with Crippen molar-refractivity contribution in [3.8, 4) is 5.88 Å². The fourth-order valence-electron chi connectivity index (χ4n) is 1.88. The topological polar surface area (TPSA) is 65.5 Å². The number of rotatable bonds is 4. The Balaban J connectivity index is 2.59. The smallest absolute Gasteiger partial charge is 0.343 e. The molecule has 0 radical (unpaired) electrons. The lowest BCUT2D eigenvalue weighted by Gasteiger charge is -2.09. The van der Waals surface area contributed by atoms with Crippen molar-refractivity contribution in [2.24, 2.45) is 0 Å². The summed E-state index contributed by atoms with van der Waals surface area (Å²) >= 11 is 0. The molecule has 0 saturated heterocycles. The first-order valence-electron chi connectivity index (χ1n) is 6.23. The van der Waals surface area contributed by atoms with Gasteiger partial charge in [-0.15, -0.1) is 0 Å². The lowest BCUT2D eigenvalue weighted by atomic mass is 10.1. The molecule has 0 saturated carbocycles. The van der Waals surface area contributed by atoms with Gasteiger partial charge in [-0.25, -0.2) is 9.78 Å². The van der Waals surface area contributed by atoms with Crippen LogP contribution in [-0.4, -0.2) is 30.5 Å². The Bertz CT molecular complexity index is 679. The SMILES string of the molecule is CCOC(=O)c1cc2ccc(C(C)=O)cc2nc1OC. The van der Waals surface area contributed by atoms with E-state index in [1.807, 2.05) is 0 Å². The minimum absolute atomic E-state index is 0.0397. The number of ether oxygens (including phenoxy) is 2. The molecule has 0 unspecified atom stereocenters. The number of ketones is 1. The van der Waals surface area contributed by atoms with Crippen LogP contribution >= 0.6 is 0 Å². The van der Waals surface area contributed by atoms with Crippen molar-refractivity contribution in [2.75, 3.05) is 13.7 Å². The number of nitrogens with zero attached hydrogens (tertiary/aromatic N) is 1. The van der Waals surface area contributed by atoms with Crippen molar-refractivity contribution >= 4 is 22.7 Å². The third-order valence-electron chi connectivity index (χ3n) is 2.88. The van der Waals surface area contributed by atoms with Gasteiger partial charge in [-0.1, -0.05) is 12.1 Å². The summed E-state index contributed by atoms with van der Waals surface area (Å²) in [6.45, 7) is 3.51. The molecule has 0 spiro atoms. The molecule has 0 amide bonds. The van der Waals surface area contributed by atoms with Gasteiger partial charge < -0.3 is 9.47 Å². The summed E-state index contributed by atoms with van der Waals surface area (Å²) in [5.41, 5.74) is 1.44. The van der Waals surface area contributed by atoms with Crippen LogP contribution in [0, 0.1) is 0 Å². The number of esters is 1. The third-order valence-corrected chi connectivity index (χ3v) is 2.88. The second-order valence-electron chi connectivity index (χ2n) is 4.23. The van der Waals surface area contributed by atoms with Crippen LogP contribution in [0.5, 0.6) is 5.88 Å². The molecule has 20 heavy (non-hydrogen) atoms. The molecule has 1 heterocycles. The molecule has 0 fully saturated rings. The van der Waals surface area contributed by atoms with Crippen molar-refractivity contribution < 1.29 is 19.1 Å². The van der Waals surface area contributed by atoms with Crippen molar-refractivity contribution in [3.05, 3.63) is 35.4 Å². The number of fused-ring (bicyclic) bond motifs is 1. The second-order valence-corrected chi connectivity index (χ2v) is 4.23. The Labute approximate surface area is 116 Å². The molecular formula is C15H15NO4. The molecule has 2 aromatic rings. The van der Waals surface area contributed by atoms with E-state index in [1.54, 1.807) is 31.2 Å². The summed E-state index contributed by atoms with van der Waals surface area (Å²) in [4.78, 5) is 27.5. The molecule has 2 rings (SSSR count). The molecule has 0 aliphatic rings. The zero-order valence-electron chi connectivity index (χ0n) is 11.6. The van der Waals surface area contributed by atoms with E-state index in [0.717, 1.165) is 5.39 Å². The van der Waals surface area contributed by atoms with Gasteiger partial charge in [0.05, 0.1) is 19.2 Å². The molecule has 0 aliphatic carbocycles. The predicted octanol–water partition coefficient (Wildman–Crippen LogP) is 2.62. The van der Waals surface area contributed by atoms with Crippen LogP contribution in [0.4, 0.5) is 0 Å². The van der Waals surface area contributed by atoms with Crippen LogP contribution in [-0.2, 0) is 4.74 Å². The molecular weight excluding hydrogens is 258 g/mol. The molecule has 0 bridgehead atoms. The normalized spacial score (nSPS) is 10.3. The number of hydrogen-bond acceptors (Lipinski definition) is 5. The first-order valence-corrected chi connectivity index (χ1v) is 6.23. The van der Waals surface area contributed by atoms with E-state index in [9.17, 15) is 9.59 Å². The highest BCUT2D eigenvalue weighted by molar-refractivity contribution is 6.00. The minimum atomic E-state index is -0.477. The lowest BCUT2D eigenvalue weighted by Crippen LogP contribution is -2.08. The molecule has 1 aromatic heterocycles. The van der Waals surface area contributed by atoms with Crippen LogP contribution in [0.1, 0.15) is 34.6 Å². The van der Waals surface area contributed by atoms with E-state index in [-0.39, 0.29) is 23.8 Å². The van der Waals surface area contributed by atoms with E-state index >= 15 is 0 Å². The van der Waals surface area contributed by atoms with Gasteiger partial charge in [-0.05, 0) is 26.0 Å². The van der Waals surface area contributed by atoms with Gasteiger partial charge in [0, 0.05) is 10.9 Å². The van der Waals surface area contributed by atoms with Crippen LogP contribution in [0.2, 0.25) is 0 Å². The zero-order valence-corrected chi connectivity index (χ0v) is 11.6. The third kappa shape index (κ3) is 2.61. The highest BCUT2D eigenvalue weighted by Crippen LogP contribution is 2.24. The van der Waals surface area contributed by atoms with E-state index in [4.69, 9.17) is 9.47 Å². The standard InChI is InChI=1S/C15H15NO4/c1-4-20-15(18)12-7-11-6-5-10(9(2)17)8-13(11)16-14(12)19-3/h5-8H,4H2,1-3H3. The van der Waals surface area contributed by atoms with E-state index in [0.29, 0.717) is 11.1 Å². The highest BCUT2D eigenvalue weighted by atomic mass is 16.5. The summed E-state index contributed by atoms with van der Waals surface area (Å²) in [5.74, 6) is -0.326. The number of carbonyl (C=O) groups excluding carboxylic acids is 2. The maximum absolute atomic E-state index is 11.8. The Morgan fingerprint density at radius 3 is 2.60 bits per heavy atom. The molecule has 0 aliphatic heterocycles. The van der Waals surface area contributed by atoms with E-state index in [2.05, 4.69) is 4.98 Å². The Morgan fingerprint density at radius 1 is 1.25 bits per heavy atom. The summed E-state index contributed by atoms with van der Waals surface area (Å²) in [6, 6.07) is 6.78. The van der Waals surface area contributed by atoms with Crippen LogP contribution in [0.15, 0.2) is 24.3 Å². The van der Waals surface area contributed by atoms with Crippen molar-refractivity contribution in [1.82, 2.24) is 4.98 Å². The number of pyridine rings is 1. The number of hydrogen-bond donors (Lipinski definition) is 0. The lowest BCUT2D eigenvalue weighted by molar-refractivity contribution is 0.0522. The van der Waals surface area contributed by atoms with Crippen LogP contribution in [0.3, 0.4) is 0 Å². The van der Waals surface area contributed by atoms with E-state index < -0.39 is 5.97 Å². The highest BCUT2D eigenvalue weighted by Gasteiger charge is 2.16. The fourth-order valence-corrected chi connectivity index (χ4v) is 1.88. The Kier molecular flexibility index (Phi) is 3.98. The predicted molar refractivity (Wildman–Crippen MR) is 74.3 cm³/mol. The number of methoxy groups -OCH3 is 1. The molecule has 1 aromatic carbocycles. The first-order chi connectivity index (χ1) is 9.56. The first kappa shape index (κ1) is 14.0.